The summed E-state index contributed by atoms with van der Waals surface area (Å²) in [6, 6.07) is 3.94. The summed E-state index contributed by atoms with van der Waals surface area (Å²) in [7, 11) is 0. The highest BCUT2D eigenvalue weighted by atomic mass is 16.5. The molecule has 0 bridgehead atoms. The smallest absolute Gasteiger partial charge is 0.329 e. The molecule has 0 aliphatic carbocycles. The standard InChI is InChI=1S/C25H30N4O10/c30-19-5-4-18(23(34)26-19)29-24(35)16-2-1-3-17(22(16)25(29)36)27-6-8-28(9-7-27)20(31)14-38-12-10-37-11-13-39-15-21(32)33/h1-3,18H,4-15H2,(H,32,33)(H,26,30,34). The van der Waals surface area contributed by atoms with Gasteiger partial charge in [0, 0.05) is 32.6 Å². The van der Waals surface area contributed by atoms with Crippen molar-refractivity contribution in [2.75, 3.05) is 70.7 Å². The van der Waals surface area contributed by atoms with Gasteiger partial charge in [-0.05, 0) is 18.6 Å². The molecule has 2 N–H and O–H groups in total. The molecule has 2 fully saturated rings. The van der Waals surface area contributed by atoms with Gasteiger partial charge in [-0.15, -0.1) is 0 Å². The van der Waals surface area contributed by atoms with Gasteiger partial charge in [-0.3, -0.25) is 34.2 Å². The number of amides is 5. The first-order valence-electron chi connectivity index (χ1n) is 12.6. The maximum Gasteiger partial charge on any atom is 0.329 e. The fraction of sp³-hybridized carbons (Fsp3) is 0.520. The normalized spacial score (nSPS) is 19.4. The minimum absolute atomic E-state index is 0.0486. The first-order chi connectivity index (χ1) is 18.8. The Morgan fingerprint density at radius 1 is 0.897 bits per heavy atom. The summed E-state index contributed by atoms with van der Waals surface area (Å²) in [5.74, 6) is -3.46. The van der Waals surface area contributed by atoms with E-state index < -0.39 is 35.6 Å². The molecular formula is C25H30N4O10. The summed E-state index contributed by atoms with van der Waals surface area (Å²) in [5, 5.41) is 10.7. The number of rotatable bonds is 12. The molecular weight excluding hydrogens is 516 g/mol. The van der Waals surface area contributed by atoms with Gasteiger partial charge in [-0.2, -0.15) is 0 Å². The number of benzene rings is 1. The number of nitrogens with one attached hydrogen (secondary N) is 1. The van der Waals surface area contributed by atoms with E-state index in [0.29, 0.717) is 31.9 Å². The second-order valence-electron chi connectivity index (χ2n) is 9.13. The van der Waals surface area contributed by atoms with Gasteiger partial charge in [-0.25, -0.2) is 4.79 Å². The molecule has 0 saturated carbocycles. The van der Waals surface area contributed by atoms with Crippen molar-refractivity contribution in [1.29, 1.82) is 0 Å². The minimum Gasteiger partial charge on any atom is -0.480 e. The number of aliphatic carboxylic acids is 1. The van der Waals surface area contributed by atoms with Crippen molar-refractivity contribution >= 4 is 41.2 Å². The van der Waals surface area contributed by atoms with Crippen molar-refractivity contribution in [1.82, 2.24) is 15.1 Å². The average molecular weight is 547 g/mol. The molecule has 1 atom stereocenters. The van der Waals surface area contributed by atoms with Gasteiger partial charge < -0.3 is 29.1 Å². The number of carbonyl (C=O) groups is 6. The number of anilines is 1. The zero-order chi connectivity index (χ0) is 27.9. The lowest BCUT2D eigenvalue weighted by Crippen LogP contribution is -2.54. The third kappa shape index (κ3) is 6.58. The first-order valence-corrected chi connectivity index (χ1v) is 12.6. The van der Waals surface area contributed by atoms with Crippen LogP contribution in [0.3, 0.4) is 0 Å². The monoisotopic (exact) mass is 546 g/mol. The SMILES string of the molecule is O=C(O)COCCOCCOCC(=O)N1CCN(c2cccc3c2C(=O)N(C2CCC(=O)NC2=O)C3=O)CC1. The molecule has 39 heavy (non-hydrogen) atoms. The Kier molecular flexibility index (Phi) is 9.22. The number of ether oxygens (including phenoxy) is 3. The number of carboxylic acid groups (broad SMARTS) is 1. The third-order valence-electron chi connectivity index (χ3n) is 6.61. The van der Waals surface area contributed by atoms with E-state index in [0.717, 1.165) is 4.90 Å². The van der Waals surface area contributed by atoms with E-state index in [1.54, 1.807) is 23.1 Å². The minimum atomic E-state index is -1.05. The topological polar surface area (TPSA) is 172 Å². The number of hydrogen-bond acceptors (Lipinski definition) is 10. The number of piperazine rings is 1. The van der Waals surface area contributed by atoms with E-state index >= 15 is 0 Å². The van der Waals surface area contributed by atoms with Crippen molar-refractivity contribution in [3.63, 3.8) is 0 Å². The summed E-state index contributed by atoms with van der Waals surface area (Å²) in [6.45, 7) is 1.94. The first kappa shape index (κ1) is 28.1. The van der Waals surface area contributed by atoms with E-state index in [1.165, 1.54) is 0 Å². The van der Waals surface area contributed by atoms with E-state index in [1.807, 2.05) is 4.90 Å². The van der Waals surface area contributed by atoms with Crippen molar-refractivity contribution in [2.24, 2.45) is 0 Å². The predicted octanol–water partition coefficient (Wildman–Crippen LogP) is -1.13. The van der Waals surface area contributed by atoms with Crippen LogP contribution in [0.4, 0.5) is 5.69 Å². The number of nitrogens with zero attached hydrogens (tertiary/aromatic N) is 3. The molecule has 14 heteroatoms. The van der Waals surface area contributed by atoms with Crippen molar-refractivity contribution in [3.05, 3.63) is 29.3 Å². The molecule has 3 aliphatic heterocycles. The second kappa shape index (κ2) is 12.8. The number of carboxylic acids is 1. The summed E-state index contributed by atoms with van der Waals surface area (Å²) < 4.78 is 15.5. The van der Waals surface area contributed by atoms with E-state index in [4.69, 9.17) is 19.3 Å². The molecule has 3 heterocycles. The highest BCUT2D eigenvalue weighted by molar-refractivity contribution is 6.25. The zero-order valence-corrected chi connectivity index (χ0v) is 21.3. The number of hydrogen-bond donors (Lipinski definition) is 2. The number of piperidine rings is 1. The van der Waals surface area contributed by atoms with E-state index in [9.17, 15) is 28.8 Å². The Morgan fingerprint density at radius 2 is 1.56 bits per heavy atom. The van der Waals surface area contributed by atoms with Crippen molar-refractivity contribution < 1.29 is 48.1 Å². The second-order valence-corrected chi connectivity index (χ2v) is 9.13. The van der Waals surface area contributed by atoms with Gasteiger partial charge in [0.1, 0.15) is 19.3 Å². The van der Waals surface area contributed by atoms with Crippen LogP contribution in [-0.2, 0) is 33.4 Å². The fourth-order valence-corrected chi connectivity index (χ4v) is 4.71. The average Bonchev–Trinajstić information content (AvgIpc) is 3.17. The molecule has 5 amide bonds. The molecule has 1 aromatic rings. The summed E-state index contributed by atoms with van der Waals surface area (Å²) in [5.41, 5.74) is 1.00. The summed E-state index contributed by atoms with van der Waals surface area (Å²) in [6.07, 6.45) is 0.134. The molecule has 210 valence electrons. The van der Waals surface area contributed by atoms with Crippen LogP contribution in [0.1, 0.15) is 33.6 Å². The molecule has 3 aliphatic rings. The van der Waals surface area contributed by atoms with Crippen LogP contribution in [-0.4, -0.2) is 122 Å². The van der Waals surface area contributed by atoms with Gasteiger partial charge >= 0.3 is 5.97 Å². The van der Waals surface area contributed by atoms with Gasteiger partial charge in [-0.1, -0.05) is 6.07 Å². The Bertz CT molecular complexity index is 1150. The van der Waals surface area contributed by atoms with Gasteiger partial charge in [0.25, 0.3) is 11.8 Å². The maximum absolute atomic E-state index is 13.3. The predicted molar refractivity (Wildman–Crippen MR) is 132 cm³/mol. The van der Waals surface area contributed by atoms with Crippen LogP contribution in [0.25, 0.3) is 0 Å². The Labute approximate surface area is 223 Å². The van der Waals surface area contributed by atoms with Crippen LogP contribution in [0.5, 0.6) is 0 Å². The molecule has 14 nitrogen and oxygen atoms in total. The molecule has 2 saturated heterocycles. The van der Waals surface area contributed by atoms with E-state index in [2.05, 4.69) is 5.32 Å². The number of carbonyl (C=O) groups excluding carboxylic acids is 5. The highest BCUT2D eigenvalue weighted by Gasteiger charge is 2.46. The molecule has 0 radical (unpaired) electrons. The molecule has 1 unspecified atom stereocenters. The quantitative estimate of drug-likeness (QED) is 0.240. The lowest BCUT2D eigenvalue weighted by molar-refractivity contribution is -0.143. The van der Waals surface area contributed by atoms with Gasteiger partial charge in [0.2, 0.25) is 17.7 Å². The Hall–Kier alpha value is -3.88. The summed E-state index contributed by atoms with van der Waals surface area (Å²) in [4.78, 5) is 77.7. The maximum atomic E-state index is 13.3. The van der Waals surface area contributed by atoms with Crippen LogP contribution in [0.15, 0.2) is 18.2 Å². The van der Waals surface area contributed by atoms with Crippen LogP contribution in [0.2, 0.25) is 0 Å². The van der Waals surface area contributed by atoms with E-state index in [-0.39, 0.29) is 69.5 Å². The van der Waals surface area contributed by atoms with Crippen molar-refractivity contribution in [3.8, 4) is 0 Å². The Morgan fingerprint density at radius 3 is 2.23 bits per heavy atom. The fourth-order valence-electron chi connectivity index (χ4n) is 4.71. The van der Waals surface area contributed by atoms with Crippen LogP contribution >= 0.6 is 0 Å². The Balaban J connectivity index is 1.25. The van der Waals surface area contributed by atoms with Gasteiger partial charge in [0.05, 0.1) is 43.2 Å². The molecule has 1 aromatic carbocycles. The highest BCUT2D eigenvalue weighted by Crippen LogP contribution is 2.34. The molecule has 4 rings (SSSR count). The number of imide groups is 2. The zero-order valence-electron chi connectivity index (χ0n) is 21.3. The third-order valence-corrected chi connectivity index (χ3v) is 6.61. The van der Waals surface area contributed by atoms with Gasteiger partial charge in [0.15, 0.2) is 0 Å². The summed E-state index contributed by atoms with van der Waals surface area (Å²) >= 11 is 0. The van der Waals surface area contributed by atoms with Crippen LogP contribution in [0, 0.1) is 0 Å². The van der Waals surface area contributed by atoms with Crippen LogP contribution < -0.4 is 10.2 Å². The lowest BCUT2D eigenvalue weighted by Gasteiger charge is -2.36. The molecule has 0 spiro atoms. The largest absolute Gasteiger partial charge is 0.480 e. The molecule has 0 aromatic heterocycles. The lowest BCUT2D eigenvalue weighted by atomic mass is 10.0. The van der Waals surface area contributed by atoms with Crippen molar-refractivity contribution in [2.45, 2.75) is 18.9 Å². The number of fused-ring (bicyclic) bond motifs is 1.